The van der Waals surface area contributed by atoms with Crippen molar-refractivity contribution in [2.45, 2.75) is 26.8 Å². The van der Waals surface area contributed by atoms with Crippen LogP contribution in [0, 0.1) is 6.92 Å². The summed E-state index contributed by atoms with van der Waals surface area (Å²) in [6, 6.07) is 1.72. The highest BCUT2D eigenvalue weighted by atomic mass is 16.5. The summed E-state index contributed by atoms with van der Waals surface area (Å²) in [6.45, 7) is 4.83. The van der Waals surface area contributed by atoms with Gasteiger partial charge < -0.3 is 14.6 Å². The molecule has 18 heavy (non-hydrogen) atoms. The van der Waals surface area contributed by atoms with Crippen molar-refractivity contribution in [1.29, 1.82) is 0 Å². The molecule has 0 unspecified atom stereocenters. The van der Waals surface area contributed by atoms with Gasteiger partial charge in [-0.2, -0.15) is 9.97 Å². The molecule has 7 nitrogen and oxygen atoms in total. The minimum Gasteiger partial charge on any atom is -0.478 e. The molecule has 0 bridgehead atoms. The van der Waals surface area contributed by atoms with Crippen molar-refractivity contribution in [2.24, 2.45) is 0 Å². The zero-order valence-electron chi connectivity index (χ0n) is 10.4. The summed E-state index contributed by atoms with van der Waals surface area (Å²) in [5.41, 5.74) is 0. The van der Waals surface area contributed by atoms with Gasteiger partial charge >= 0.3 is 0 Å². The Balaban J connectivity index is 1.92. The van der Waals surface area contributed by atoms with Gasteiger partial charge in [-0.1, -0.05) is 12.1 Å². The molecule has 0 amide bonds. The van der Waals surface area contributed by atoms with Crippen LogP contribution in [0.4, 0.5) is 5.95 Å². The van der Waals surface area contributed by atoms with Gasteiger partial charge in [0.05, 0.1) is 13.2 Å². The van der Waals surface area contributed by atoms with Crippen LogP contribution in [0.2, 0.25) is 0 Å². The first-order chi connectivity index (χ1) is 8.78. The molecule has 0 fully saturated rings. The zero-order valence-corrected chi connectivity index (χ0v) is 10.4. The molecule has 1 N–H and O–H groups in total. The first-order valence-electron chi connectivity index (χ1n) is 5.77. The number of aromatic nitrogens is 4. The number of hydrogen-bond donors (Lipinski definition) is 1. The van der Waals surface area contributed by atoms with E-state index in [2.05, 4.69) is 25.4 Å². The Morgan fingerprint density at radius 3 is 3.00 bits per heavy atom. The quantitative estimate of drug-likeness (QED) is 0.831. The predicted molar refractivity (Wildman–Crippen MR) is 64.2 cm³/mol. The Bertz CT molecular complexity index is 500. The molecule has 96 valence electrons. The fourth-order valence-electron chi connectivity index (χ4n) is 1.28. The monoisotopic (exact) mass is 249 g/mol. The lowest BCUT2D eigenvalue weighted by Crippen LogP contribution is -2.05. The van der Waals surface area contributed by atoms with E-state index in [-0.39, 0.29) is 0 Å². The smallest absolute Gasteiger partial charge is 0.246 e. The van der Waals surface area contributed by atoms with Gasteiger partial charge in [0, 0.05) is 12.3 Å². The third kappa shape index (κ3) is 3.41. The second-order valence-electron chi connectivity index (χ2n) is 3.66. The number of anilines is 1. The molecule has 7 heteroatoms. The maximum atomic E-state index is 5.41. The molecule has 2 rings (SSSR count). The molecular weight excluding hydrogens is 234 g/mol. The third-order valence-corrected chi connectivity index (χ3v) is 2.05. The first-order valence-corrected chi connectivity index (χ1v) is 5.77. The Morgan fingerprint density at radius 2 is 2.28 bits per heavy atom. The number of nitrogens with one attached hydrogen (secondary N) is 1. The SMILES string of the molecule is CCCOc1ccnc(NCc2nc(C)no2)n1. The van der Waals surface area contributed by atoms with Crippen LogP contribution in [0.15, 0.2) is 16.8 Å². The summed E-state index contributed by atoms with van der Waals surface area (Å²) in [5, 5.41) is 6.69. The summed E-state index contributed by atoms with van der Waals surface area (Å²) < 4.78 is 10.4. The van der Waals surface area contributed by atoms with Gasteiger partial charge in [-0.05, 0) is 13.3 Å². The molecule has 2 heterocycles. The van der Waals surface area contributed by atoms with Gasteiger partial charge in [-0.3, -0.25) is 0 Å². The fourth-order valence-corrected chi connectivity index (χ4v) is 1.28. The predicted octanol–water partition coefficient (Wildman–Crippen LogP) is 1.57. The molecule has 2 aromatic heterocycles. The average Bonchev–Trinajstić information content (AvgIpc) is 2.80. The summed E-state index contributed by atoms with van der Waals surface area (Å²) in [6.07, 6.45) is 2.58. The van der Waals surface area contributed by atoms with Crippen molar-refractivity contribution in [3.05, 3.63) is 24.0 Å². The van der Waals surface area contributed by atoms with E-state index in [0.29, 0.717) is 36.7 Å². The number of hydrogen-bond acceptors (Lipinski definition) is 7. The Labute approximate surface area is 105 Å². The molecular formula is C11H15N5O2. The minimum absolute atomic E-state index is 0.387. The number of ether oxygens (including phenoxy) is 1. The molecule has 2 aromatic rings. The van der Waals surface area contributed by atoms with Gasteiger partial charge in [0.2, 0.25) is 17.7 Å². The highest BCUT2D eigenvalue weighted by Crippen LogP contribution is 2.09. The minimum atomic E-state index is 0.387. The molecule has 0 saturated carbocycles. The van der Waals surface area contributed by atoms with Crippen molar-refractivity contribution < 1.29 is 9.26 Å². The van der Waals surface area contributed by atoms with E-state index in [4.69, 9.17) is 9.26 Å². The Kier molecular flexibility index (Phi) is 4.06. The lowest BCUT2D eigenvalue weighted by Gasteiger charge is -2.05. The van der Waals surface area contributed by atoms with Crippen molar-refractivity contribution in [1.82, 2.24) is 20.1 Å². The molecule has 0 radical (unpaired) electrons. The molecule has 0 saturated heterocycles. The van der Waals surface area contributed by atoms with Crippen molar-refractivity contribution in [3.8, 4) is 5.88 Å². The van der Waals surface area contributed by atoms with Crippen LogP contribution in [0.3, 0.4) is 0 Å². The number of aryl methyl sites for hydroxylation is 1. The van der Waals surface area contributed by atoms with E-state index in [0.717, 1.165) is 6.42 Å². The van der Waals surface area contributed by atoms with Crippen LogP contribution in [-0.4, -0.2) is 26.7 Å². The average molecular weight is 249 g/mol. The summed E-state index contributed by atoms with van der Waals surface area (Å²) in [7, 11) is 0. The topological polar surface area (TPSA) is 86.0 Å². The van der Waals surface area contributed by atoms with Gasteiger partial charge in [-0.15, -0.1) is 0 Å². The van der Waals surface area contributed by atoms with Crippen LogP contribution in [0.1, 0.15) is 25.1 Å². The highest BCUT2D eigenvalue weighted by Gasteiger charge is 2.04. The maximum absolute atomic E-state index is 5.41. The third-order valence-electron chi connectivity index (χ3n) is 2.05. The van der Waals surface area contributed by atoms with Crippen LogP contribution >= 0.6 is 0 Å². The van der Waals surface area contributed by atoms with E-state index in [1.807, 2.05) is 6.92 Å². The highest BCUT2D eigenvalue weighted by molar-refractivity contribution is 5.27. The standard InChI is InChI=1S/C11H15N5O2/c1-3-6-17-9-4-5-12-11(15-9)13-7-10-14-8(2)16-18-10/h4-5H,3,6-7H2,1-2H3,(H,12,13,15). The van der Waals surface area contributed by atoms with Gasteiger partial charge in [-0.25, -0.2) is 4.98 Å². The normalized spacial score (nSPS) is 10.3. The van der Waals surface area contributed by atoms with Crippen LogP contribution in [-0.2, 0) is 6.54 Å². The number of nitrogens with zero attached hydrogens (tertiary/aromatic N) is 4. The lowest BCUT2D eigenvalue weighted by molar-refractivity contribution is 0.305. The maximum Gasteiger partial charge on any atom is 0.246 e. The van der Waals surface area contributed by atoms with Crippen LogP contribution in [0.5, 0.6) is 5.88 Å². The summed E-state index contributed by atoms with van der Waals surface area (Å²) >= 11 is 0. The van der Waals surface area contributed by atoms with Crippen LogP contribution < -0.4 is 10.1 Å². The van der Waals surface area contributed by atoms with Crippen molar-refractivity contribution in [2.75, 3.05) is 11.9 Å². The lowest BCUT2D eigenvalue weighted by atomic mass is 10.5. The van der Waals surface area contributed by atoms with E-state index < -0.39 is 0 Å². The fraction of sp³-hybridized carbons (Fsp3) is 0.455. The second kappa shape index (κ2) is 5.95. The second-order valence-corrected chi connectivity index (χ2v) is 3.66. The van der Waals surface area contributed by atoms with Crippen LogP contribution in [0.25, 0.3) is 0 Å². The number of rotatable bonds is 6. The first kappa shape index (κ1) is 12.3. The Morgan fingerprint density at radius 1 is 1.39 bits per heavy atom. The van der Waals surface area contributed by atoms with E-state index in [9.17, 15) is 0 Å². The van der Waals surface area contributed by atoms with Gasteiger partial charge in [0.15, 0.2) is 5.82 Å². The van der Waals surface area contributed by atoms with Crippen molar-refractivity contribution >= 4 is 5.95 Å². The molecule has 0 aromatic carbocycles. The largest absolute Gasteiger partial charge is 0.478 e. The summed E-state index contributed by atoms with van der Waals surface area (Å²) in [5.74, 6) is 2.12. The van der Waals surface area contributed by atoms with Gasteiger partial charge in [0.25, 0.3) is 0 Å². The van der Waals surface area contributed by atoms with E-state index in [1.165, 1.54) is 0 Å². The zero-order chi connectivity index (χ0) is 12.8. The molecule has 0 spiro atoms. The van der Waals surface area contributed by atoms with Gasteiger partial charge in [0.1, 0.15) is 0 Å². The van der Waals surface area contributed by atoms with E-state index >= 15 is 0 Å². The molecule has 0 aliphatic carbocycles. The van der Waals surface area contributed by atoms with Crippen molar-refractivity contribution in [3.63, 3.8) is 0 Å². The summed E-state index contributed by atoms with van der Waals surface area (Å²) in [4.78, 5) is 12.3. The molecule has 0 aliphatic heterocycles. The van der Waals surface area contributed by atoms with E-state index in [1.54, 1.807) is 19.2 Å². The molecule has 0 aliphatic rings. The Hall–Kier alpha value is -2.18. The molecule has 0 atom stereocenters.